The van der Waals surface area contributed by atoms with Crippen LogP contribution in [-0.2, 0) is 28.9 Å². The molecule has 2 fully saturated rings. The first kappa shape index (κ1) is 53.5. The summed E-state index contributed by atoms with van der Waals surface area (Å²) in [6.07, 6.45) is 1.03. The summed E-state index contributed by atoms with van der Waals surface area (Å²) in [5.74, 6) is 0.445. The molecular formula is C46H51ClF6N8O5S2. The normalized spacial score (nSPS) is 18.2. The molecule has 6 aromatic rings. The summed E-state index contributed by atoms with van der Waals surface area (Å²) >= 11 is 2.12. The van der Waals surface area contributed by atoms with Crippen molar-refractivity contribution in [3.8, 4) is 0 Å². The third kappa shape index (κ3) is 16.1. The molecule has 8 rings (SSSR count). The minimum atomic E-state index is -4.25. The van der Waals surface area contributed by atoms with Crippen LogP contribution in [0.5, 0.6) is 0 Å². The second kappa shape index (κ2) is 24.7. The van der Waals surface area contributed by atoms with E-state index in [1.165, 1.54) is 26.9 Å². The number of anilines is 2. The number of hydrogen-bond acceptors (Lipinski definition) is 15. The molecule has 4 atom stereocenters. The van der Waals surface area contributed by atoms with E-state index in [0.717, 1.165) is 85.9 Å². The van der Waals surface area contributed by atoms with Gasteiger partial charge in [0.25, 0.3) is 0 Å². The van der Waals surface area contributed by atoms with Crippen LogP contribution in [0, 0.1) is 0 Å². The van der Waals surface area contributed by atoms with E-state index in [9.17, 15) is 40.7 Å². The smallest absolute Gasteiger partial charge is 0.393 e. The zero-order valence-electron chi connectivity index (χ0n) is 37.0. The van der Waals surface area contributed by atoms with Crippen molar-refractivity contribution in [2.45, 2.75) is 107 Å². The molecule has 2 saturated carbocycles. The SMILES string of the molecule is COC(=O)c1ccc(C=O)cc1.COC(=O)c1ccc(CN[C@H]2CCC[C@@H](Nc3ncnc4sc(CC(F)(F)F)cc34)C2)cc1.Cl.N[C@H]1CCC[C@@H](Nc2ncnc3sc(CC(F)(F)F)cc23)C1. The molecule has 0 radical (unpaired) electrons. The first-order chi connectivity index (χ1) is 32.0. The van der Waals surface area contributed by atoms with Crippen LogP contribution in [0.15, 0.2) is 73.3 Å². The Hall–Kier alpha value is -5.48. The van der Waals surface area contributed by atoms with E-state index >= 15 is 0 Å². The summed E-state index contributed by atoms with van der Waals surface area (Å²) in [5, 5.41) is 11.6. The fraction of sp³-hybridized carbons (Fsp3) is 0.413. The number of fused-ring (bicyclic) bond motifs is 2. The molecule has 0 bridgehead atoms. The summed E-state index contributed by atoms with van der Waals surface area (Å²) in [7, 11) is 2.67. The first-order valence-electron chi connectivity index (χ1n) is 21.4. The topological polar surface area (TPSA) is 183 Å². The summed E-state index contributed by atoms with van der Waals surface area (Å²) in [4.78, 5) is 51.1. The second-order valence-corrected chi connectivity index (χ2v) is 18.4. The summed E-state index contributed by atoms with van der Waals surface area (Å²) in [6, 6.07) is 17.5. The number of nitrogens with one attached hydrogen (secondary N) is 3. The summed E-state index contributed by atoms with van der Waals surface area (Å²) in [6.45, 7) is 0.682. The molecule has 0 unspecified atom stereocenters. The van der Waals surface area contributed by atoms with E-state index < -0.39 is 31.2 Å². The Balaban J connectivity index is 0.000000212. The van der Waals surface area contributed by atoms with E-state index in [-0.39, 0.29) is 46.3 Å². The Labute approximate surface area is 402 Å². The highest BCUT2D eigenvalue weighted by molar-refractivity contribution is 7.19. The lowest BCUT2D eigenvalue weighted by Crippen LogP contribution is -2.38. The molecule has 4 heterocycles. The molecule has 4 aromatic heterocycles. The van der Waals surface area contributed by atoms with Crippen LogP contribution >= 0.6 is 35.1 Å². The molecule has 5 N–H and O–H groups in total. The average Bonchev–Trinajstić information content (AvgIpc) is 3.91. The van der Waals surface area contributed by atoms with Gasteiger partial charge in [-0.1, -0.05) is 24.3 Å². The standard InChI is InChI=1S/C23H25F3N4O2S.C14H17F3N4S.C9H8O3.ClH/c1-32-22(31)15-7-5-14(6-8-15)12-27-16-3-2-4-17(9-16)30-20-19-10-18(11-23(24,25)26)33-21(19)29-13-28-20;15-14(16,17)6-10-5-11-12(19-7-20-13(11)22-10)21-9-3-1-2-8(18)4-9;1-12-9(11)8-4-2-7(6-10)3-5-8;/h5-8,10,13,16-17,27H,2-4,9,11-12H2,1H3,(H,28,29,30);5,7-9H,1-4,6,18H2,(H,19,20,21);2-6H,1H3;1H/t16-,17+;8-,9+;;/m00../s1. The van der Waals surface area contributed by atoms with Crippen LogP contribution < -0.4 is 21.7 Å². The first-order valence-corrected chi connectivity index (χ1v) is 23.1. The maximum Gasteiger partial charge on any atom is 0.393 e. The van der Waals surface area contributed by atoms with Crippen LogP contribution in [0.2, 0.25) is 0 Å². The highest BCUT2D eigenvalue weighted by Gasteiger charge is 2.31. The highest BCUT2D eigenvalue weighted by atomic mass is 35.5. The Kier molecular flexibility index (Phi) is 19.4. The molecule has 0 aliphatic heterocycles. The number of hydrogen-bond donors (Lipinski definition) is 4. The van der Waals surface area contributed by atoms with Crippen molar-refractivity contribution in [2.75, 3.05) is 24.9 Å². The number of aldehydes is 1. The number of benzene rings is 2. The molecular weight excluding hydrogens is 958 g/mol. The molecule has 13 nitrogen and oxygen atoms in total. The predicted octanol–water partition coefficient (Wildman–Crippen LogP) is 10.3. The summed E-state index contributed by atoms with van der Waals surface area (Å²) in [5.41, 5.74) is 8.56. The minimum Gasteiger partial charge on any atom is -0.465 e. The molecule has 0 saturated heterocycles. The van der Waals surface area contributed by atoms with Gasteiger partial charge in [0.15, 0.2) is 0 Å². The zero-order chi connectivity index (χ0) is 48.1. The van der Waals surface area contributed by atoms with Crippen molar-refractivity contribution >= 4 is 85.4 Å². The number of carbonyl (C=O) groups is 3. The molecule has 2 aliphatic carbocycles. The van der Waals surface area contributed by atoms with E-state index in [2.05, 4.69) is 40.6 Å². The molecule has 2 aliphatic rings. The number of nitrogens with zero attached hydrogens (tertiary/aromatic N) is 4. The fourth-order valence-corrected chi connectivity index (χ4v) is 9.87. The molecule has 366 valence electrons. The van der Waals surface area contributed by atoms with Gasteiger partial charge in [-0.15, -0.1) is 35.1 Å². The van der Waals surface area contributed by atoms with Gasteiger partial charge in [0.1, 0.15) is 40.2 Å². The van der Waals surface area contributed by atoms with E-state index in [4.69, 9.17) is 10.5 Å². The van der Waals surface area contributed by atoms with Crippen LogP contribution in [0.25, 0.3) is 20.4 Å². The van der Waals surface area contributed by atoms with Gasteiger partial charge in [-0.25, -0.2) is 29.5 Å². The monoisotopic (exact) mass is 1010 g/mol. The third-order valence-corrected chi connectivity index (χ3v) is 13.1. The van der Waals surface area contributed by atoms with Gasteiger partial charge >= 0.3 is 24.3 Å². The van der Waals surface area contributed by atoms with Crippen molar-refractivity contribution in [2.24, 2.45) is 5.73 Å². The van der Waals surface area contributed by atoms with Gasteiger partial charge in [-0.3, -0.25) is 4.79 Å². The van der Waals surface area contributed by atoms with Crippen molar-refractivity contribution in [3.05, 3.63) is 105 Å². The molecule has 68 heavy (non-hydrogen) atoms. The number of rotatable bonds is 12. The Morgan fingerprint density at radius 1 is 0.691 bits per heavy atom. The van der Waals surface area contributed by atoms with Crippen LogP contribution in [0.1, 0.15) is 97.8 Å². The van der Waals surface area contributed by atoms with Crippen molar-refractivity contribution in [1.29, 1.82) is 0 Å². The number of esters is 2. The Bertz CT molecular complexity index is 2580. The minimum absolute atomic E-state index is 0. The summed E-state index contributed by atoms with van der Waals surface area (Å²) < 4.78 is 85.1. The molecule has 22 heteroatoms. The van der Waals surface area contributed by atoms with Gasteiger partial charge in [-0.05, 0) is 93.3 Å². The predicted molar refractivity (Wildman–Crippen MR) is 253 cm³/mol. The average molecular weight is 1010 g/mol. The van der Waals surface area contributed by atoms with Crippen molar-refractivity contribution in [3.63, 3.8) is 0 Å². The number of aromatic nitrogens is 4. The lowest BCUT2D eigenvalue weighted by molar-refractivity contribution is -0.127. The Morgan fingerprint density at radius 2 is 1.15 bits per heavy atom. The van der Waals surface area contributed by atoms with E-state index in [1.54, 1.807) is 48.5 Å². The van der Waals surface area contributed by atoms with Crippen molar-refractivity contribution < 1.29 is 50.2 Å². The maximum absolute atomic E-state index is 12.8. The Morgan fingerprint density at radius 3 is 1.60 bits per heavy atom. The fourth-order valence-electron chi connectivity index (χ4n) is 7.82. The number of methoxy groups -OCH3 is 2. The number of halogens is 7. The number of ether oxygens (including phenoxy) is 2. The number of carbonyl (C=O) groups excluding carboxylic acids is 3. The van der Waals surface area contributed by atoms with Crippen LogP contribution in [0.4, 0.5) is 38.0 Å². The van der Waals surface area contributed by atoms with Crippen LogP contribution in [-0.4, -0.2) is 88.9 Å². The van der Waals surface area contributed by atoms with Gasteiger partial charge in [0, 0.05) is 46.0 Å². The molecule has 0 spiro atoms. The maximum atomic E-state index is 12.8. The van der Waals surface area contributed by atoms with Crippen LogP contribution in [0.3, 0.4) is 0 Å². The zero-order valence-corrected chi connectivity index (χ0v) is 39.4. The molecule has 2 aromatic carbocycles. The quantitative estimate of drug-likeness (QED) is 0.0517. The number of alkyl halides is 6. The van der Waals surface area contributed by atoms with Crippen molar-refractivity contribution in [1.82, 2.24) is 25.3 Å². The highest BCUT2D eigenvalue weighted by Crippen LogP contribution is 2.35. The largest absolute Gasteiger partial charge is 0.465 e. The molecule has 0 amide bonds. The van der Waals surface area contributed by atoms with Gasteiger partial charge in [-0.2, -0.15) is 26.3 Å². The number of nitrogens with two attached hydrogens (primary N) is 1. The lowest BCUT2D eigenvalue weighted by Gasteiger charge is -2.31. The number of thiophene rings is 2. The lowest BCUT2D eigenvalue weighted by atomic mass is 9.90. The second-order valence-electron chi connectivity index (χ2n) is 16.2. The van der Waals surface area contributed by atoms with Gasteiger partial charge in [0.05, 0.1) is 49.0 Å². The third-order valence-electron chi connectivity index (χ3n) is 11.0. The van der Waals surface area contributed by atoms with E-state index in [0.29, 0.717) is 61.3 Å². The van der Waals surface area contributed by atoms with Gasteiger partial charge in [0.2, 0.25) is 0 Å². The van der Waals surface area contributed by atoms with Gasteiger partial charge < -0.3 is 31.2 Å². The van der Waals surface area contributed by atoms with E-state index in [1.807, 2.05) is 12.1 Å².